The quantitative estimate of drug-likeness (QED) is 0.382. The van der Waals surface area contributed by atoms with Gasteiger partial charge in [-0.1, -0.05) is 23.7 Å². The molecular formula is C19H23ClIN3O2. The van der Waals surface area contributed by atoms with Crippen LogP contribution in [0, 0.1) is 0 Å². The van der Waals surface area contributed by atoms with E-state index < -0.39 is 0 Å². The summed E-state index contributed by atoms with van der Waals surface area (Å²) in [5, 5.41) is 7.33. The predicted molar refractivity (Wildman–Crippen MR) is 118 cm³/mol. The van der Waals surface area contributed by atoms with Gasteiger partial charge < -0.3 is 20.1 Å². The maximum Gasteiger partial charge on any atom is 0.195 e. The second kappa shape index (κ2) is 10.5. The Kier molecular flexibility index (Phi) is 8.31. The molecule has 5 nitrogen and oxygen atoms in total. The minimum absolute atomic E-state index is 0. The lowest BCUT2D eigenvalue weighted by Crippen LogP contribution is -2.32. The van der Waals surface area contributed by atoms with Gasteiger partial charge in [-0.2, -0.15) is 0 Å². The molecule has 7 heteroatoms. The molecule has 3 rings (SSSR count). The number of nitrogens with one attached hydrogen (secondary N) is 2. The highest BCUT2D eigenvalue weighted by Crippen LogP contribution is 2.32. The number of nitrogens with zero attached hydrogens (tertiary/aromatic N) is 1. The van der Waals surface area contributed by atoms with Crippen LogP contribution >= 0.6 is 35.6 Å². The van der Waals surface area contributed by atoms with Gasteiger partial charge in [0.05, 0.1) is 13.2 Å². The van der Waals surface area contributed by atoms with Crippen molar-refractivity contribution >= 4 is 47.2 Å². The van der Waals surface area contributed by atoms with Gasteiger partial charge in [-0.25, -0.2) is 0 Å². The van der Waals surface area contributed by atoms with Crippen LogP contribution < -0.4 is 20.1 Å². The standard InChI is InChI=1S/C19H22ClN3O2.HI/c1-21-19(22-9-8-14-4-2-5-15(20)12-14)23-16-6-7-17-18(13-16)25-11-3-10-24-17;/h2,4-7,12-13H,3,8-11H2,1H3,(H2,21,22,23);1H. The van der Waals surface area contributed by atoms with Gasteiger partial charge in [0.15, 0.2) is 17.5 Å². The Bertz CT molecular complexity index is 755. The fraction of sp³-hybridized carbons (Fsp3) is 0.316. The second-order valence-electron chi connectivity index (χ2n) is 5.72. The molecule has 1 aliphatic rings. The summed E-state index contributed by atoms with van der Waals surface area (Å²) >= 11 is 6.01. The third-order valence-corrected chi connectivity index (χ3v) is 4.06. The summed E-state index contributed by atoms with van der Waals surface area (Å²) in [7, 11) is 1.75. The van der Waals surface area contributed by atoms with E-state index in [4.69, 9.17) is 21.1 Å². The summed E-state index contributed by atoms with van der Waals surface area (Å²) < 4.78 is 11.4. The van der Waals surface area contributed by atoms with Gasteiger partial charge in [-0.15, -0.1) is 24.0 Å². The van der Waals surface area contributed by atoms with Crippen molar-refractivity contribution in [2.45, 2.75) is 12.8 Å². The number of aliphatic imine (C=N–C) groups is 1. The number of halogens is 2. The first-order valence-corrected chi connectivity index (χ1v) is 8.74. The highest BCUT2D eigenvalue weighted by Gasteiger charge is 2.11. The summed E-state index contributed by atoms with van der Waals surface area (Å²) in [6.45, 7) is 2.11. The first kappa shape index (κ1) is 20.6. The van der Waals surface area contributed by atoms with Crippen molar-refractivity contribution in [3.63, 3.8) is 0 Å². The Labute approximate surface area is 176 Å². The molecule has 0 radical (unpaired) electrons. The summed E-state index contributed by atoms with van der Waals surface area (Å²) in [5.74, 6) is 2.25. The predicted octanol–water partition coefficient (Wildman–Crippen LogP) is 4.35. The first-order valence-electron chi connectivity index (χ1n) is 8.36. The molecule has 26 heavy (non-hydrogen) atoms. The van der Waals surface area contributed by atoms with Crippen LogP contribution in [0.2, 0.25) is 5.02 Å². The van der Waals surface area contributed by atoms with Crippen molar-refractivity contribution in [1.29, 1.82) is 0 Å². The van der Waals surface area contributed by atoms with E-state index in [1.165, 1.54) is 5.56 Å². The van der Waals surface area contributed by atoms with Crippen LogP contribution in [-0.2, 0) is 6.42 Å². The van der Waals surface area contributed by atoms with Crippen LogP contribution in [0.25, 0.3) is 0 Å². The molecule has 2 N–H and O–H groups in total. The van der Waals surface area contributed by atoms with E-state index in [2.05, 4.69) is 21.7 Å². The molecule has 140 valence electrons. The third kappa shape index (κ3) is 5.95. The zero-order valence-corrected chi connectivity index (χ0v) is 17.7. The van der Waals surface area contributed by atoms with Gasteiger partial charge in [0, 0.05) is 36.8 Å². The molecule has 2 aromatic rings. The van der Waals surface area contributed by atoms with Crippen molar-refractivity contribution in [3.8, 4) is 11.5 Å². The third-order valence-electron chi connectivity index (χ3n) is 3.83. The SMILES string of the molecule is CN=C(NCCc1cccc(Cl)c1)Nc1ccc2c(c1)OCCCO2.I. The molecule has 0 aromatic heterocycles. The smallest absolute Gasteiger partial charge is 0.195 e. The van der Waals surface area contributed by atoms with Crippen LogP contribution in [0.1, 0.15) is 12.0 Å². The minimum atomic E-state index is 0. The molecule has 1 heterocycles. The van der Waals surface area contributed by atoms with Crippen molar-refractivity contribution < 1.29 is 9.47 Å². The summed E-state index contributed by atoms with van der Waals surface area (Å²) in [6.07, 6.45) is 1.76. The number of anilines is 1. The van der Waals surface area contributed by atoms with E-state index in [9.17, 15) is 0 Å². The maximum absolute atomic E-state index is 6.01. The minimum Gasteiger partial charge on any atom is -0.490 e. The topological polar surface area (TPSA) is 54.9 Å². The Morgan fingerprint density at radius 3 is 2.69 bits per heavy atom. The summed E-state index contributed by atoms with van der Waals surface area (Å²) in [6, 6.07) is 13.7. The molecule has 0 saturated heterocycles. The summed E-state index contributed by atoms with van der Waals surface area (Å²) in [4.78, 5) is 4.26. The van der Waals surface area contributed by atoms with Crippen LogP contribution in [0.15, 0.2) is 47.5 Å². The van der Waals surface area contributed by atoms with Crippen molar-refractivity contribution in [1.82, 2.24) is 5.32 Å². The maximum atomic E-state index is 6.01. The average molecular weight is 488 g/mol. The lowest BCUT2D eigenvalue weighted by atomic mass is 10.1. The van der Waals surface area contributed by atoms with Crippen LogP contribution in [0.3, 0.4) is 0 Å². The van der Waals surface area contributed by atoms with E-state index in [-0.39, 0.29) is 24.0 Å². The number of ether oxygens (including phenoxy) is 2. The lowest BCUT2D eigenvalue weighted by molar-refractivity contribution is 0.297. The Morgan fingerprint density at radius 1 is 1.12 bits per heavy atom. The van der Waals surface area contributed by atoms with Gasteiger partial charge in [-0.3, -0.25) is 4.99 Å². The number of benzene rings is 2. The first-order chi connectivity index (χ1) is 12.2. The zero-order chi connectivity index (χ0) is 17.5. The molecule has 0 amide bonds. The molecule has 0 saturated carbocycles. The average Bonchev–Trinajstić information content (AvgIpc) is 2.86. The molecule has 0 unspecified atom stereocenters. The van der Waals surface area contributed by atoms with E-state index in [0.29, 0.717) is 19.2 Å². The molecule has 0 bridgehead atoms. The largest absolute Gasteiger partial charge is 0.490 e. The van der Waals surface area contributed by atoms with Gasteiger partial charge >= 0.3 is 0 Å². The van der Waals surface area contributed by atoms with Gasteiger partial charge in [0.25, 0.3) is 0 Å². The number of fused-ring (bicyclic) bond motifs is 1. The highest BCUT2D eigenvalue weighted by molar-refractivity contribution is 14.0. The monoisotopic (exact) mass is 487 g/mol. The van der Waals surface area contributed by atoms with Crippen LogP contribution in [0.4, 0.5) is 5.69 Å². The van der Waals surface area contributed by atoms with Crippen molar-refractivity contribution in [3.05, 3.63) is 53.1 Å². The van der Waals surface area contributed by atoms with Crippen LogP contribution in [-0.4, -0.2) is 32.8 Å². The van der Waals surface area contributed by atoms with Gasteiger partial charge in [0.1, 0.15) is 0 Å². The highest BCUT2D eigenvalue weighted by atomic mass is 127. The number of hydrogen-bond acceptors (Lipinski definition) is 3. The molecule has 0 spiro atoms. The van der Waals surface area contributed by atoms with E-state index in [1.54, 1.807) is 7.05 Å². The Morgan fingerprint density at radius 2 is 1.92 bits per heavy atom. The molecule has 0 fully saturated rings. The summed E-state index contributed by atoms with van der Waals surface area (Å²) in [5.41, 5.74) is 2.09. The molecular weight excluding hydrogens is 465 g/mol. The van der Waals surface area contributed by atoms with Gasteiger partial charge in [-0.05, 0) is 36.2 Å². The Hall–Kier alpha value is -1.67. The Balaban J connectivity index is 0.00000243. The van der Waals surface area contributed by atoms with E-state index in [0.717, 1.165) is 41.6 Å². The fourth-order valence-corrected chi connectivity index (χ4v) is 2.79. The molecule has 0 aliphatic carbocycles. The number of rotatable bonds is 4. The van der Waals surface area contributed by atoms with Crippen molar-refractivity contribution in [2.75, 3.05) is 32.1 Å². The fourth-order valence-electron chi connectivity index (χ4n) is 2.57. The molecule has 1 aliphatic heterocycles. The number of guanidine groups is 1. The zero-order valence-electron chi connectivity index (χ0n) is 14.6. The van der Waals surface area contributed by atoms with Gasteiger partial charge in [0.2, 0.25) is 0 Å². The second-order valence-corrected chi connectivity index (χ2v) is 6.15. The van der Waals surface area contributed by atoms with E-state index >= 15 is 0 Å². The molecule has 0 atom stereocenters. The van der Waals surface area contributed by atoms with Crippen LogP contribution in [0.5, 0.6) is 11.5 Å². The molecule has 2 aromatic carbocycles. The lowest BCUT2D eigenvalue weighted by Gasteiger charge is -2.14. The number of hydrogen-bond donors (Lipinski definition) is 2. The van der Waals surface area contributed by atoms with E-state index in [1.807, 2.05) is 36.4 Å². The van der Waals surface area contributed by atoms with Crippen molar-refractivity contribution in [2.24, 2.45) is 4.99 Å². The normalized spacial score (nSPS) is 13.4.